The summed E-state index contributed by atoms with van der Waals surface area (Å²) in [5, 5.41) is 0. The largest absolute Gasteiger partial charge is 0.365 e. The van der Waals surface area contributed by atoms with Gasteiger partial charge in [-0.15, -0.1) is 0 Å². The molecule has 1 heterocycles. The van der Waals surface area contributed by atoms with Crippen molar-refractivity contribution >= 4 is 5.91 Å². The molecular formula is C12H19N2O2+. The molecule has 1 amide bonds. The summed E-state index contributed by atoms with van der Waals surface area (Å²) in [5.41, 5.74) is 5.68. The topological polar surface area (TPSA) is 56.2 Å². The van der Waals surface area contributed by atoms with E-state index in [1.165, 1.54) is 12.8 Å². The number of amides is 1. The lowest BCUT2D eigenvalue weighted by atomic mass is 10.3. The van der Waals surface area contributed by atoms with Gasteiger partial charge in [-0.2, -0.15) is 4.57 Å². The second kappa shape index (κ2) is 6.95. The number of aromatic nitrogens is 1. The number of pyridine rings is 1. The Morgan fingerprint density at radius 2 is 2.31 bits per heavy atom. The van der Waals surface area contributed by atoms with Crippen LogP contribution in [0.5, 0.6) is 0 Å². The average molecular weight is 223 g/mol. The average Bonchev–Trinajstić information content (AvgIpc) is 2.29. The Hall–Kier alpha value is -1.42. The first-order valence-corrected chi connectivity index (χ1v) is 5.60. The summed E-state index contributed by atoms with van der Waals surface area (Å²) in [4.78, 5) is 10.9. The zero-order valence-corrected chi connectivity index (χ0v) is 9.69. The first-order chi connectivity index (χ1) is 7.74. The highest BCUT2D eigenvalue weighted by atomic mass is 16.5. The lowest BCUT2D eigenvalue weighted by Crippen LogP contribution is -2.36. The van der Waals surface area contributed by atoms with Crippen LogP contribution in [-0.2, 0) is 11.5 Å². The number of nitrogens with zero attached hydrogens (tertiary/aromatic N) is 1. The van der Waals surface area contributed by atoms with Crippen molar-refractivity contribution in [3.63, 3.8) is 0 Å². The van der Waals surface area contributed by atoms with Gasteiger partial charge in [0.15, 0.2) is 12.4 Å². The van der Waals surface area contributed by atoms with Gasteiger partial charge in [0, 0.05) is 6.07 Å². The Morgan fingerprint density at radius 3 is 3.00 bits per heavy atom. The number of carbonyl (C=O) groups excluding carboxylic acids is 1. The summed E-state index contributed by atoms with van der Waals surface area (Å²) in [6, 6.07) is 3.48. The molecule has 0 saturated heterocycles. The molecule has 0 atom stereocenters. The molecule has 2 N–H and O–H groups in total. The molecule has 16 heavy (non-hydrogen) atoms. The van der Waals surface area contributed by atoms with Crippen LogP contribution in [0.15, 0.2) is 24.5 Å². The van der Waals surface area contributed by atoms with E-state index in [0.29, 0.717) is 12.3 Å². The van der Waals surface area contributed by atoms with E-state index in [1.54, 1.807) is 18.3 Å². The predicted molar refractivity (Wildman–Crippen MR) is 60.6 cm³/mol. The van der Waals surface area contributed by atoms with Gasteiger partial charge in [0.2, 0.25) is 0 Å². The third kappa shape index (κ3) is 4.40. The molecule has 4 heteroatoms. The van der Waals surface area contributed by atoms with Crippen molar-refractivity contribution in [2.45, 2.75) is 32.9 Å². The van der Waals surface area contributed by atoms with E-state index in [1.807, 2.05) is 10.8 Å². The molecule has 0 spiro atoms. The summed E-state index contributed by atoms with van der Waals surface area (Å²) < 4.78 is 7.28. The van der Waals surface area contributed by atoms with Gasteiger partial charge in [-0.3, -0.25) is 4.79 Å². The van der Waals surface area contributed by atoms with Crippen LogP contribution in [-0.4, -0.2) is 12.5 Å². The Labute approximate surface area is 96.0 Å². The zero-order valence-electron chi connectivity index (χ0n) is 9.69. The smallest absolute Gasteiger partial charge is 0.254 e. The maximum absolute atomic E-state index is 10.9. The zero-order chi connectivity index (χ0) is 11.8. The SMILES string of the molecule is CCCCCOC[n+]1cccc(C(N)=O)c1. The molecule has 0 unspecified atom stereocenters. The Kier molecular flexibility index (Phi) is 5.50. The van der Waals surface area contributed by atoms with Crippen LogP contribution in [0, 0.1) is 0 Å². The highest BCUT2D eigenvalue weighted by molar-refractivity contribution is 5.92. The number of primary amides is 1. The summed E-state index contributed by atoms with van der Waals surface area (Å²) in [7, 11) is 0. The lowest BCUT2D eigenvalue weighted by molar-refractivity contribution is -0.732. The van der Waals surface area contributed by atoms with Crippen LogP contribution < -0.4 is 10.3 Å². The minimum Gasteiger partial charge on any atom is -0.365 e. The van der Waals surface area contributed by atoms with Crippen molar-refractivity contribution in [1.29, 1.82) is 0 Å². The summed E-state index contributed by atoms with van der Waals surface area (Å²) in [6.07, 6.45) is 7.00. The van der Waals surface area contributed by atoms with Crippen LogP contribution in [0.2, 0.25) is 0 Å². The van der Waals surface area contributed by atoms with Crippen LogP contribution in [0.4, 0.5) is 0 Å². The van der Waals surface area contributed by atoms with Crippen LogP contribution >= 0.6 is 0 Å². The molecule has 1 rings (SSSR count). The van der Waals surface area contributed by atoms with E-state index in [2.05, 4.69) is 6.92 Å². The van der Waals surface area contributed by atoms with Crippen molar-refractivity contribution in [3.05, 3.63) is 30.1 Å². The molecule has 0 saturated carbocycles. The molecule has 0 aromatic carbocycles. The van der Waals surface area contributed by atoms with Gasteiger partial charge >= 0.3 is 0 Å². The third-order valence-electron chi connectivity index (χ3n) is 2.28. The number of hydrogen-bond acceptors (Lipinski definition) is 2. The van der Waals surface area contributed by atoms with Gasteiger partial charge in [-0.05, 0) is 12.5 Å². The minimum atomic E-state index is -0.416. The molecule has 1 aromatic rings. The number of nitrogens with two attached hydrogens (primary N) is 1. The second-order valence-electron chi connectivity index (χ2n) is 3.72. The fraction of sp³-hybridized carbons (Fsp3) is 0.500. The summed E-state index contributed by atoms with van der Waals surface area (Å²) in [6.45, 7) is 3.37. The normalized spacial score (nSPS) is 10.3. The van der Waals surface area contributed by atoms with Crippen molar-refractivity contribution < 1.29 is 14.1 Å². The van der Waals surface area contributed by atoms with E-state index in [0.717, 1.165) is 13.0 Å². The van der Waals surface area contributed by atoms with E-state index < -0.39 is 5.91 Å². The highest BCUT2D eigenvalue weighted by Crippen LogP contribution is 1.95. The van der Waals surface area contributed by atoms with Gasteiger partial charge < -0.3 is 10.5 Å². The van der Waals surface area contributed by atoms with Crippen LogP contribution in [0.3, 0.4) is 0 Å². The van der Waals surface area contributed by atoms with Gasteiger partial charge in [0.25, 0.3) is 12.6 Å². The van der Waals surface area contributed by atoms with Gasteiger partial charge in [-0.25, -0.2) is 0 Å². The Bertz CT molecular complexity index is 340. The lowest BCUT2D eigenvalue weighted by Gasteiger charge is -2.00. The molecule has 4 nitrogen and oxygen atoms in total. The molecular weight excluding hydrogens is 204 g/mol. The van der Waals surface area contributed by atoms with Crippen LogP contribution in [0.1, 0.15) is 36.5 Å². The number of hydrogen-bond donors (Lipinski definition) is 1. The van der Waals surface area contributed by atoms with Gasteiger partial charge in [0.05, 0.1) is 6.61 Å². The maximum Gasteiger partial charge on any atom is 0.254 e. The molecule has 0 radical (unpaired) electrons. The fourth-order valence-electron chi connectivity index (χ4n) is 1.37. The van der Waals surface area contributed by atoms with E-state index in [-0.39, 0.29) is 0 Å². The Balaban J connectivity index is 2.36. The third-order valence-corrected chi connectivity index (χ3v) is 2.28. The van der Waals surface area contributed by atoms with E-state index in [4.69, 9.17) is 10.5 Å². The van der Waals surface area contributed by atoms with Gasteiger partial charge in [-0.1, -0.05) is 19.8 Å². The van der Waals surface area contributed by atoms with Crippen molar-refractivity contribution in [2.75, 3.05) is 6.61 Å². The Morgan fingerprint density at radius 1 is 1.50 bits per heavy atom. The van der Waals surface area contributed by atoms with Crippen molar-refractivity contribution in [1.82, 2.24) is 0 Å². The molecule has 0 bridgehead atoms. The number of carbonyl (C=O) groups is 1. The van der Waals surface area contributed by atoms with E-state index in [9.17, 15) is 4.79 Å². The first-order valence-electron chi connectivity index (χ1n) is 5.60. The molecule has 0 aliphatic rings. The van der Waals surface area contributed by atoms with Gasteiger partial charge in [0.1, 0.15) is 5.56 Å². The highest BCUT2D eigenvalue weighted by Gasteiger charge is 2.06. The monoisotopic (exact) mass is 223 g/mol. The summed E-state index contributed by atoms with van der Waals surface area (Å²) in [5.74, 6) is -0.416. The van der Waals surface area contributed by atoms with Crippen LogP contribution in [0.25, 0.3) is 0 Å². The quantitative estimate of drug-likeness (QED) is 0.558. The molecule has 88 valence electrons. The predicted octanol–water partition coefficient (Wildman–Crippen LogP) is 1.24. The number of rotatable bonds is 7. The van der Waals surface area contributed by atoms with E-state index >= 15 is 0 Å². The number of unbranched alkanes of at least 4 members (excludes halogenated alkanes) is 2. The number of ether oxygens (including phenoxy) is 1. The molecule has 0 aliphatic carbocycles. The second-order valence-corrected chi connectivity index (χ2v) is 3.72. The standard InChI is InChI=1S/C12H18N2O2/c1-2-3-4-8-16-10-14-7-5-6-11(9-14)12(13)15/h5-7,9H,2-4,8,10H2,1H3,(H-,13,15)/p+1. The minimum absolute atomic E-state index is 0.416. The van der Waals surface area contributed by atoms with Crippen molar-refractivity contribution in [2.24, 2.45) is 5.73 Å². The summed E-state index contributed by atoms with van der Waals surface area (Å²) >= 11 is 0. The molecule has 0 fully saturated rings. The first kappa shape index (κ1) is 12.6. The van der Waals surface area contributed by atoms with Crippen molar-refractivity contribution in [3.8, 4) is 0 Å². The molecule has 1 aromatic heterocycles. The fourth-order valence-corrected chi connectivity index (χ4v) is 1.37. The maximum atomic E-state index is 10.9. The molecule has 0 aliphatic heterocycles.